The molecule has 3 aliphatic rings. The van der Waals surface area contributed by atoms with Crippen LogP contribution in [0.1, 0.15) is 91.6 Å². The van der Waals surface area contributed by atoms with Gasteiger partial charge < -0.3 is 30.3 Å². The molecule has 0 unspecified atom stereocenters. The highest BCUT2D eigenvalue weighted by molar-refractivity contribution is 6.06. The Balaban J connectivity index is 1.22. The van der Waals surface area contributed by atoms with Gasteiger partial charge in [0.15, 0.2) is 0 Å². The number of aryl methyl sites for hydroxylation is 1. The largest absolute Gasteiger partial charge is 0.478 e. The van der Waals surface area contributed by atoms with Crippen LogP contribution < -0.4 is 15.5 Å². The van der Waals surface area contributed by atoms with Crippen LogP contribution in [0.25, 0.3) is 28.2 Å². The topological polar surface area (TPSA) is 124 Å². The highest BCUT2D eigenvalue weighted by atomic mass is 16.4. The molecule has 3 aromatic carbocycles. The molecule has 260 valence electrons. The second-order valence-electron chi connectivity index (χ2n) is 14.1. The van der Waals surface area contributed by atoms with Crippen LogP contribution in [0.2, 0.25) is 0 Å². The fourth-order valence-electron chi connectivity index (χ4n) is 8.46. The zero-order valence-electron chi connectivity index (χ0n) is 28.5. The van der Waals surface area contributed by atoms with Gasteiger partial charge in [-0.2, -0.15) is 0 Å². The molecule has 9 heteroatoms. The van der Waals surface area contributed by atoms with Gasteiger partial charge in [-0.1, -0.05) is 68.5 Å². The minimum Gasteiger partial charge on any atom is -0.478 e. The van der Waals surface area contributed by atoms with Crippen LogP contribution in [-0.2, 0) is 16.1 Å². The lowest BCUT2D eigenvalue weighted by atomic mass is 9.81. The number of carbonyl (C=O) groups is 3. The second-order valence-corrected chi connectivity index (χ2v) is 14.1. The van der Waals surface area contributed by atoms with Gasteiger partial charge in [0.1, 0.15) is 5.54 Å². The first-order chi connectivity index (χ1) is 24.4. The summed E-state index contributed by atoms with van der Waals surface area (Å²) >= 11 is 0. The summed E-state index contributed by atoms with van der Waals surface area (Å²) in [5.41, 5.74) is 6.80. The zero-order chi connectivity index (χ0) is 34.7. The molecule has 0 atom stereocenters. The summed E-state index contributed by atoms with van der Waals surface area (Å²) in [6, 6.07) is 21.6. The Labute approximate surface area is 293 Å². The van der Waals surface area contributed by atoms with Gasteiger partial charge in [0.25, 0.3) is 5.91 Å². The number of aliphatic hydroxyl groups is 1. The number of β-amino-alcohol motifs (C(OH)–C–C–N with tert-alkyl or cyclic N) is 1. The van der Waals surface area contributed by atoms with Gasteiger partial charge in [0.2, 0.25) is 5.91 Å². The summed E-state index contributed by atoms with van der Waals surface area (Å²) in [4.78, 5) is 41.1. The van der Waals surface area contributed by atoms with Crippen molar-refractivity contribution in [1.29, 1.82) is 0 Å². The number of nitrogens with zero attached hydrogens (tertiary/aromatic N) is 2. The third-order valence-electron chi connectivity index (χ3n) is 10.9. The van der Waals surface area contributed by atoms with Crippen LogP contribution in [0, 0.1) is 0 Å². The number of para-hydroxylation sites is 1. The normalized spacial score (nSPS) is 17.6. The number of carbonyl (C=O) groups excluding carboxylic acids is 2. The van der Waals surface area contributed by atoms with E-state index in [1.54, 1.807) is 24.3 Å². The molecule has 0 bridgehead atoms. The number of fused-ring (bicyclic) bond motifs is 5. The molecule has 1 aromatic heterocycles. The Bertz CT molecular complexity index is 1920. The zero-order valence-corrected chi connectivity index (χ0v) is 28.5. The van der Waals surface area contributed by atoms with Crippen molar-refractivity contribution in [3.05, 3.63) is 89.5 Å². The highest BCUT2D eigenvalue weighted by Gasteiger charge is 2.43. The van der Waals surface area contributed by atoms with E-state index in [4.69, 9.17) is 5.11 Å². The Morgan fingerprint density at radius 2 is 1.64 bits per heavy atom. The molecule has 2 amide bonds. The maximum atomic E-state index is 14.1. The molecular formula is C41H46N4O5. The Kier molecular flexibility index (Phi) is 9.76. The van der Waals surface area contributed by atoms with Gasteiger partial charge in [-0.15, -0.1) is 0 Å². The predicted molar refractivity (Wildman–Crippen MR) is 198 cm³/mol. The monoisotopic (exact) mass is 674 g/mol. The van der Waals surface area contributed by atoms with Crippen molar-refractivity contribution in [3.63, 3.8) is 0 Å². The number of amides is 2. The number of hydrogen-bond acceptors (Lipinski definition) is 5. The summed E-state index contributed by atoms with van der Waals surface area (Å²) in [5, 5.41) is 26.2. The molecule has 7 rings (SSSR count). The quantitative estimate of drug-likeness (QED) is 0.138. The van der Waals surface area contributed by atoms with Crippen molar-refractivity contribution in [3.8, 4) is 11.3 Å². The summed E-state index contributed by atoms with van der Waals surface area (Å²) < 4.78 is 2.43. The number of anilines is 2. The SMILES string of the molecule is O=C(O)/C=C/c1ccc(NC(=O)C2(NC(=O)c3ccc4c(C5CCCCC5)c5n(c4c3)CCCN(CCO)c3ccccc3-5)CCCC2)cc1. The van der Waals surface area contributed by atoms with Crippen molar-refractivity contribution in [1.82, 2.24) is 9.88 Å². The first-order valence-corrected chi connectivity index (χ1v) is 18.1. The first kappa shape index (κ1) is 33.6. The Hall–Kier alpha value is -4.89. The van der Waals surface area contributed by atoms with Crippen LogP contribution in [0.4, 0.5) is 11.4 Å². The third kappa shape index (κ3) is 6.66. The second kappa shape index (κ2) is 14.5. The fraction of sp³-hybridized carbons (Fsp3) is 0.390. The minimum atomic E-state index is -1.02. The molecule has 2 aliphatic carbocycles. The molecule has 2 saturated carbocycles. The number of aliphatic hydroxyl groups excluding tert-OH is 1. The number of hydrogen-bond donors (Lipinski definition) is 4. The maximum Gasteiger partial charge on any atom is 0.328 e. The number of aliphatic carboxylic acids is 1. The number of benzene rings is 3. The van der Waals surface area contributed by atoms with Gasteiger partial charge in [0.05, 0.1) is 12.3 Å². The van der Waals surface area contributed by atoms with E-state index in [1.807, 2.05) is 12.1 Å². The molecule has 9 nitrogen and oxygen atoms in total. The van der Waals surface area contributed by atoms with Crippen LogP contribution in [0.15, 0.2) is 72.8 Å². The lowest BCUT2D eigenvalue weighted by Crippen LogP contribution is -2.55. The number of carboxylic acid groups (broad SMARTS) is 1. The van der Waals surface area contributed by atoms with E-state index >= 15 is 0 Å². The Morgan fingerprint density at radius 3 is 2.38 bits per heavy atom. The van der Waals surface area contributed by atoms with E-state index in [1.165, 1.54) is 47.5 Å². The molecule has 4 N–H and O–H groups in total. The lowest BCUT2D eigenvalue weighted by molar-refractivity contribution is -0.131. The van der Waals surface area contributed by atoms with Gasteiger partial charge in [-0.3, -0.25) is 9.59 Å². The van der Waals surface area contributed by atoms with E-state index in [0.29, 0.717) is 42.1 Å². The van der Waals surface area contributed by atoms with Crippen LogP contribution in [-0.4, -0.2) is 57.8 Å². The van der Waals surface area contributed by atoms with E-state index < -0.39 is 11.5 Å². The highest BCUT2D eigenvalue weighted by Crippen LogP contribution is 2.47. The molecule has 2 fully saturated rings. The smallest absolute Gasteiger partial charge is 0.328 e. The van der Waals surface area contributed by atoms with Crippen LogP contribution in [0.3, 0.4) is 0 Å². The third-order valence-corrected chi connectivity index (χ3v) is 10.9. The van der Waals surface area contributed by atoms with Gasteiger partial charge in [0, 0.05) is 59.1 Å². The maximum absolute atomic E-state index is 14.1. The van der Waals surface area contributed by atoms with E-state index in [-0.39, 0.29) is 18.4 Å². The average Bonchev–Trinajstić information content (AvgIpc) is 3.73. The molecule has 2 heterocycles. The molecule has 50 heavy (non-hydrogen) atoms. The van der Waals surface area contributed by atoms with Crippen LogP contribution >= 0.6 is 0 Å². The summed E-state index contributed by atoms with van der Waals surface area (Å²) in [5.74, 6) is -1.08. The lowest BCUT2D eigenvalue weighted by Gasteiger charge is -2.31. The number of nitrogens with one attached hydrogen (secondary N) is 2. The molecule has 0 saturated heterocycles. The number of carboxylic acids is 1. The first-order valence-electron chi connectivity index (χ1n) is 18.1. The van der Waals surface area contributed by atoms with Crippen LogP contribution in [0.5, 0.6) is 0 Å². The van der Waals surface area contributed by atoms with Gasteiger partial charge in [-0.25, -0.2) is 4.79 Å². The summed E-state index contributed by atoms with van der Waals surface area (Å²) in [6.45, 7) is 2.32. The number of aromatic nitrogens is 1. The van der Waals surface area contributed by atoms with Crippen molar-refractivity contribution in [2.75, 3.05) is 29.9 Å². The van der Waals surface area contributed by atoms with Crippen molar-refractivity contribution >= 4 is 46.1 Å². The van der Waals surface area contributed by atoms with Crippen molar-refractivity contribution in [2.45, 2.75) is 82.2 Å². The molecular weight excluding hydrogens is 628 g/mol. The fourth-order valence-corrected chi connectivity index (χ4v) is 8.46. The molecule has 0 spiro atoms. The molecule has 0 radical (unpaired) electrons. The molecule has 1 aliphatic heterocycles. The van der Waals surface area contributed by atoms with Crippen molar-refractivity contribution in [2.24, 2.45) is 0 Å². The predicted octanol–water partition coefficient (Wildman–Crippen LogP) is 7.34. The summed E-state index contributed by atoms with van der Waals surface area (Å²) in [6.07, 6.45) is 12.3. The Morgan fingerprint density at radius 1 is 0.880 bits per heavy atom. The van der Waals surface area contributed by atoms with E-state index in [2.05, 4.69) is 50.4 Å². The number of rotatable bonds is 9. The summed E-state index contributed by atoms with van der Waals surface area (Å²) in [7, 11) is 0. The van der Waals surface area contributed by atoms with E-state index in [0.717, 1.165) is 62.5 Å². The average molecular weight is 675 g/mol. The van der Waals surface area contributed by atoms with Gasteiger partial charge in [-0.05, 0) is 85.6 Å². The minimum absolute atomic E-state index is 0.100. The molecule has 4 aromatic rings. The standard InChI is InChI=1S/C41H46N4O5/c46-26-25-44-23-8-24-45-35-27-30(16-19-32(35)37(29-9-2-1-3-10-29)38(45)33-11-4-5-12-34(33)44)39(49)43-41(21-6-7-22-41)40(50)42-31-17-13-28(14-18-31)15-20-36(47)48/h4-5,11-20,27,29,46H,1-3,6-10,21-26H2,(H,42,50)(H,43,49)(H,47,48)/b20-15+. The van der Waals surface area contributed by atoms with E-state index in [9.17, 15) is 19.5 Å². The van der Waals surface area contributed by atoms with Crippen molar-refractivity contribution < 1.29 is 24.6 Å². The van der Waals surface area contributed by atoms with Gasteiger partial charge >= 0.3 is 5.97 Å².